The lowest BCUT2D eigenvalue weighted by Crippen LogP contribution is -2.24. The molecule has 0 atom stereocenters. The Balaban J connectivity index is 1.43. The minimum atomic E-state index is -0.906. The Hall–Kier alpha value is -3.89. The smallest absolute Gasteiger partial charge is 0.335 e. The molecule has 4 aromatic carbocycles. The summed E-state index contributed by atoms with van der Waals surface area (Å²) in [6.07, 6.45) is 2.15. The molecule has 0 aliphatic rings. The number of rotatable bonds is 11. The molecule has 0 heterocycles. The van der Waals surface area contributed by atoms with Gasteiger partial charge in [0.15, 0.2) is 0 Å². The Morgan fingerprint density at radius 3 is 1.80 bits per heavy atom. The lowest BCUT2D eigenvalue weighted by molar-refractivity contribution is 0.0697. The highest BCUT2D eigenvalue weighted by molar-refractivity contribution is 5.88. The minimum Gasteiger partial charge on any atom is -0.497 e. The second kappa shape index (κ2) is 12.0. The van der Waals surface area contributed by atoms with Crippen LogP contribution < -0.4 is 4.74 Å². The highest BCUT2D eigenvalue weighted by atomic mass is 16.5. The van der Waals surface area contributed by atoms with Crippen molar-refractivity contribution in [2.24, 2.45) is 0 Å². The minimum absolute atomic E-state index is 0.301. The maximum absolute atomic E-state index is 11.1. The first-order valence-corrected chi connectivity index (χ1v) is 11.9. The number of aromatic carboxylic acids is 1. The molecule has 35 heavy (non-hydrogen) atoms. The normalized spacial score (nSPS) is 10.9. The monoisotopic (exact) mass is 465 g/mol. The summed E-state index contributed by atoms with van der Waals surface area (Å²) < 4.78 is 5.31. The van der Waals surface area contributed by atoms with E-state index < -0.39 is 5.97 Å². The highest BCUT2D eigenvalue weighted by Gasteiger charge is 2.09. The van der Waals surface area contributed by atoms with E-state index in [0.29, 0.717) is 5.56 Å². The van der Waals surface area contributed by atoms with Crippen LogP contribution in [0.2, 0.25) is 0 Å². The molecule has 0 saturated heterocycles. The maximum atomic E-state index is 11.1. The van der Waals surface area contributed by atoms with Crippen LogP contribution in [0.15, 0.2) is 103 Å². The van der Waals surface area contributed by atoms with Crippen LogP contribution in [0.5, 0.6) is 5.75 Å². The molecular formula is C31H31NO3. The van der Waals surface area contributed by atoms with E-state index in [1.165, 1.54) is 16.7 Å². The number of ether oxygens (including phenoxy) is 1. The second-order valence-electron chi connectivity index (χ2n) is 8.73. The molecule has 4 nitrogen and oxygen atoms in total. The Kier molecular flexibility index (Phi) is 8.31. The van der Waals surface area contributed by atoms with E-state index in [9.17, 15) is 4.79 Å². The molecule has 0 spiro atoms. The van der Waals surface area contributed by atoms with Crippen LogP contribution in [0.1, 0.15) is 33.5 Å². The summed E-state index contributed by atoms with van der Waals surface area (Å²) in [4.78, 5) is 13.6. The van der Waals surface area contributed by atoms with Crippen LogP contribution in [-0.4, -0.2) is 29.6 Å². The molecule has 0 saturated carbocycles. The number of nitrogens with zero attached hydrogens (tertiary/aromatic N) is 1. The van der Waals surface area contributed by atoms with Gasteiger partial charge < -0.3 is 9.84 Å². The number of methoxy groups -OCH3 is 1. The van der Waals surface area contributed by atoms with Gasteiger partial charge >= 0.3 is 5.97 Å². The second-order valence-corrected chi connectivity index (χ2v) is 8.73. The summed E-state index contributed by atoms with van der Waals surface area (Å²) in [5, 5.41) is 9.11. The first-order chi connectivity index (χ1) is 17.1. The van der Waals surface area contributed by atoms with E-state index in [0.717, 1.165) is 49.4 Å². The van der Waals surface area contributed by atoms with E-state index in [1.807, 2.05) is 24.3 Å². The standard InChI is InChI=1S/C31H31NO3/c1-35-30-19-11-26(12-20-30)23-32(21-5-8-24-6-3-2-4-7-24)22-25-9-13-27(14-10-25)28-15-17-29(18-16-28)31(33)34/h2-4,6-7,9-20H,5,8,21-23H2,1H3,(H,33,34). The number of carbonyl (C=O) groups is 1. The third-order valence-electron chi connectivity index (χ3n) is 6.17. The largest absolute Gasteiger partial charge is 0.497 e. The Labute approximate surface area is 207 Å². The molecule has 1 N–H and O–H groups in total. The molecule has 4 rings (SSSR count). The number of hydrogen-bond acceptors (Lipinski definition) is 3. The van der Waals surface area contributed by atoms with Crippen LogP contribution >= 0.6 is 0 Å². The molecule has 0 bridgehead atoms. The fraction of sp³-hybridized carbons (Fsp3) is 0.194. The maximum Gasteiger partial charge on any atom is 0.335 e. The molecule has 0 amide bonds. The molecule has 4 heteroatoms. The molecule has 4 aromatic rings. The molecule has 0 aliphatic heterocycles. The van der Waals surface area contributed by atoms with Gasteiger partial charge in [-0.3, -0.25) is 4.90 Å². The van der Waals surface area contributed by atoms with E-state index in [1.54, 1.807) is 19.2 Å². The molecule has 0 aromatic heterocycles. The molecule has 178 valence electrons. The zero-order valence-corrected chi connectivity index (χ0v) is 20.1. The van der Waals surface area contributed by atoms with Gasteiger partial charge in [0.2, 0.25) is 0 Å². The van der Waals surface area contributed by atoms with Crippen molar-refractivity contribution in [3.05, 3.63) is 125 Å². The summed E-state index contributed by atoms with van der Waals surface area (Å²) in [6, 6.07) is 34.5. The summed E-state index contributed by atoms with van der Waals surface area (Å²) >= 11 is 0. The van der Waals surface area contributed by atoms with E-state index >= 15 is 0 Å². The summed E-state index contributed by atoms with van der Waals surface area (Å²) in [5.74, 6) is -0.0348. The van der Waals surface area contributed by atoms with Gasteiger partial charge in [-0.05, 0) is 71.5 Å². The van der Waals surface area contributed by atoms with Gasteiger partial charge in [-0.15, -0.1) is 0 Å². The molecule has 0 unspecified atom stereocenters. The SMILES string of the molecule is COc1ccc(CN(CCCc2ccccc2)Cc2ccc(-c3ccc(C(=O)O)cc3)cc2)cc1. The van der Waals surface area contributed by atoms with Crippen LogP contribution in [0.3, 0.4) is 0 Å². The van der Waals surface area contributed by atoms with Gasteiger partial charge in [0, 0.05) is 13.1 Å². The van der Waals surface area contributed by atoms with E-state index in [4.69, 9.17) is 9.84 Å². The van der Waals surface area contributed by atoms with Crippen molar-refractivity contribution in [1.82, 2.24) is 4.90 Å². The summed E-state index contributed by atoms with van der Waals surface area (Å²) in [5.41, 5.74) is 6.28. The van der Waals surface area contributed by atoms with Crippen molar-refractivity contribution >= 4 is 5.97 Å². The summed E-state index contributed by atoms with van der Waals surface area (Å²) in [7, 11) is 1.69. The van der Waals surface area contributed by atoms with Gasteiger partial charge in [0.05, 0.1) is 12.7 Å². The van der Waals surface area contributed by atoms with Gasteiger partial charge in [-0.25, -0.2) is 4.79 Å². The Morgan fingerprint density at radius 2 is 1.26 bits per heavy atom. The first kappa shape index (κ1) is 24.2. The lowest BCUT2D eigenvalue weighted by atomic mass is 10.0. The predicted molar refractivity (Wildman–Crippen MR) is 141 cm³/mol. The molecule has 0 fully saturated rings. The number of carboxylic acids is 1. The van der Waals surface area contributed by atoms with Gasteiger partial charge in [-0.2, -0.15) is 0 Å². The van der Waals surface area contributed by atoms with Crippen molar-refractivity contribution in [2.45, 2.75) is 25.9 Å². The fourth-order valence-electron chi connectivity index (χ4n) is 4.22. The zero-order chi connectivity index (χ0) is 24.5. The van der Waals surface area contributed by atoms with Crippen molar-refractivity contribution in [3.63, 3.8) is 0 Å². The number of carboxylic acid groups (broad SMARTS) is 1. The van der Waals surface area contributed by atoms with Crippen molar-refractivity contribution in [3.8, 4) is 16.9 Å². The average molecular weight is 466 g/mol. The lowest BCUT2D eigenvalue weighted by Gasteiger charge is -2.23. The fourth-order valence-corrected chi connectivity index (χ4v) is 4.22. The number of benzene rings is 4. The Morgan fingerprint density at radius 1 is 0.714 bits per heavy atom. The molecule has 0 radical (unpaired) electrons. The van der Waals surface area contributed by atoms with Gasteiger partial charge in [0.1, 0.15) is 5.75 Å². The van der Waals surface area contributed by atoms with Crippen LogP contribution in [0.25, 0.3) is 11.1 Å². The predicted octanol–water partition coefficient (Wildman–Crippen LogP) is 6.70. The average Bonchev–Trinajstić information content (AvgIpc) is 2.90. The zero-order valence-electron chi connectivity index (χ0n) is 20.1. The Bertz CT molecular complexity index is 1200. The molecular weight excluding hydrogens is 434 g/mol. The van der Waals surface area contributed by atoms with E-state index in [2.05, 4.69) is 71.6 Å². The van der Waals surface area contributed by atoms with Crippen molar-refractivity contribution in [2.75, 3.05) is 13.7 Å². The van der Waals surface area contributed by atoms with Crippen LogP contribution in [0.4, 0.5) is 0 Å². The van der Waals surface area contributed by atoms with Crippen molar-refractivity contribution in [1.29, 1.82) is 0 Å². The van der Waals surface area contributed by atoms with Crippen molar-refractivity contribution < 1.29 is 14.6 Å². The van der Waals surface area contributed by atoms with Gasteiger partial charge in [-0.1, -0.05) is 78.9 Å². The topological polar surface area (TPSA) is 49.8 Å². The third-order valence-corrected chi connectivity index (χ3v) is 6.17. The van der Waals surface area contributed by atoms with Crippen LogP contribution in [-0.2, 0) is 19.5 Å². The first-order valence-electron chi connectivity index (χ1n) is 11.9. The number of aryl methyl sites for hydroxylation is 1. The van der Waals surface area contributed by atoms with Gasteiger partial charge in [0.25, 0.3) is 0 Å². The highest BCUT2D eigenvalue weighted by Crippen LogP contribution is 2.22. The third kappa shape index (κ3) is 7.05. The number of hydrogen-bond donors (Lipinski definition) is 1. The van der Waals surface area contributed by atoms with E-state index in [-0.39, 0.29) is 0 Å². The quantitative estimate of drug-likeness (QED) is 0.268. The molecule has 0 aliphatic carbocycles. The van der Waals surface area contributed by atoms with Crippen LogP contribution in [0, 0.1) is 0 Å². The summed E-state index contributed by atoms with van der Waals surface area (Å²) in [6.45, 7) is 2.73.